The molecule has 0 atom stereocenters. The number of nitrogens with two attached hydrogens (primary N) is 2. The first-order chi connectivity index (χ1) is 38.5. The average Bonchev–Trinajstić information content (AvgIpc) is 4.35. The molecule has 1 aliphatic rings. The molecule has 0 amide bonds. The van der Waals surface area contributed by atoms with E-state index in [1.165, 1.54) is 83.6 Å². The average molecular weight is 1150 g/mol. The standard InChI is InChI=1S/2C17H14F3N3O2S.2C10H8N2.C4H8O/c2*1-11-2-4-12(5-3-11)15-10-16(17(18,19)20)22-23(15)13-6-8-14(9-7-13)26(21,24)25;2*1-5-11-6-2-9(1)10-3-7-12-8-4-10;1-2-4-5-3-1/h2*2-10H,1H3,(H2,21,24,25);2*1-8H;1-4H2. The van der Waals surface area contributed by atoms with Crippen molar-refractivity contribution in [3.8, 4) is 56.1 Å². The zero-order valence-electron chi connectivity index (χ0n) is 43.3. The van der Waals surface area contributed by atoms with E-state index in [2.05, 4.69) is 30.1 Å². The third kappa shape index (κ3) is 17.4. The van der Waals surface area contributed by atoms with Crippen LogP contribution in [0.5, 0.6) is 0 Å². The third-order valence-electron chi connectivity index (χ3n) is 11.7. The largest absolute Gasteiger partial charge is 0.435 e. The lowest BCUT2D eigenvalue weighted by Gasteiger charge is -2.09. The highest BCUT2D eigenvalue weighted by molar-refractivity contribution is 7.89. The third-order valence-corrected chi connectivity index (χ3v) is 13.6. The van der Waals surface area contributed by atoms with Crippen LogP contribution < -0.4 is 10.3 Å². The minimum Gasteiger partial charge on any atom is -0.381 e. The van der Waals surface area contributed by atoms with Crippen LogP contribution in [0.4, 0.5) is 26.3 Å². The van der Waals surface area contributed by atoms with Crippen LogP contribution in [-0.4, -0.2) is 69.5 Å². The Morgan fingerprint density at radius 1 is 0.407 bits per heavy atom. The van der Waals surface area contributed by atoms with E-state index < -0.39 is 43.8 Å². The molecule has 10 aromatic rings. The number of primary sulfonamides is 2. The number of aryl methyl sites for hydroxylation is 2. The number of pyridine rings is 4. The number of aromatic nitrogens is 8. The topological polar surface area (TPSA) is 217 Å². The Bertz CT molecular complexity index is 3470. The second-order valence-electron chi connectivity index (χ2n) is 17.7. The van der Waals surface area contributed by atoms with E-state index in [-0.39, 0.29) is 32.6 Å². The molecule has 418 valence electrons. The van der Waals surface area contributed by atoms with Crippen LogP contribution in [0.1, 0.15) is 35.4 Å². The van der Waals surface area contributed by atoms with Gasteiger partial charge < -0.3 is 4.74 Å². The van der Waals surface area contributed by atoms with Gasteiger partial charge in [0.25, 0.3) is 0 Å². The first kappa shape index (κ1) is 59.9. The van der Waals surface area contributed by atoms with Crippen molar-refractivity contribution in [2.75, 3.05) is 13.2 Å². The van der Waals surface area contributed by atoms with Crippen molar-refractivity contribution in [1.82, 2.24) is 39.5 Å². The first-order valence-electron chi connectivity index (χ1n) is 24.5. The number of hydrogen-bond donors (Lipinski definition) is 2. The Kier molecular flexibility index (Phi) is 19.9. The van der Waals surface area contributed by atoms with Gasteiger partial charge in [0.15, 0.2) is 11.4 Å². The highest BCUT2D eigenvalue weighted by Crippen LogP contribution is 2.35. The number of ether oxygens (including phenoxy) is 1. The van der Waals surface area contributed by atoms with Crippen LogP contribution in [0, 0.1) is 13.8 Å². The van der Waals surface area contributed by atoms with Gasteiger partial charge in [0.1, 0.15) is 0 Å². The zero-order chi connectivity index (χ0) is 58.2. The fraction of sp³-hybridized carbons (Fsp3) is 0.138. The van der Waals surface area contributed by atoms with Crippen molar-refractivity contribution in [2.45, 2.75) is 48.8 Å². The lowest BCUT2D eigenvalue weighted by atomic mass is 10.1. The van der Waals surface area contributed by atoms with Crippen molar-refractivity contribution >= 4 is 20.0 Å². The number of alkyl halides is 6. The van der Waals surface area contributed by atoms with Gasteiger partial charge in [0.2, 0.25) is 20.0 Å². The maximum Gasteiger partial charge on any atom is 0.435 e. The van der Waals surface area contributed by atoms with Gasteiger partial charge in [-0.15, -0.1) is 0 Å². The lowest BCUT2D eigenvalue weighted by Crippen LogP contribution is -2.12. The fourth-order valence-electron chi connectivity index (χ4n) is 7.53. The molecule has 1 aliphatic heterocycles. The molecule has 7 heterocycles. The van der Waals surface area contributed by atoms with Crippen LogP contribution >= 0.6 is 0 Å². The molecular weight excluding hydrogens is 1090 g/mol. The number of sulfonamides is 2. The van der Waals surface area contributed by atoms with Crippen molar-refractivity contribution < 1.29 is 47.9 Å². The first-order valence-corrected chi connectivity index (χ1v) is 27.6. The summed E-state index contributed by atoms with van der Waals surface area (Å²) in [5.41, 5.74) is 6.69. The molecule has 0 radical (unpaired) electrons. The number of halogens is 6. The molecule has 0 bridgehead atoms. The van der Waals surface area contributed by atoms with E-state index in [0.29, 0.717) is 11.1 Å². The lowest BCUT2D eigenvalue weighted by molar-refractivity contribution is -0.142. The summed E-state index contributed by atoms with van der Waals surface area (Å²) in [6.45, 7) is 5.74. The summed E-state index contributed by atoms with van der Waals surface area (Å²) in [4.78, 5) is 15.5. The number of benzene rings is 4. The summed E-state index contributed by atoms with van der Waals surface area (Å²) in [5.74, 6) is 0. The summed E-state index contributed by atoms with van der Waals surface area (Å²) < 4.78 is 131. The summed E-state index contributed by atoms with van der Waals surface area (Å²) in [6, 6.07) is 42.0. The predicted molar refractivity (Wildman–Crippen MR) is 295 cm³/mol. The smallest absolute Gasteiger partial charge is 0.381 e. The van der Waals surface area contributed by atoms with Gasteiger partial charge in [-0.25, -0.2) is 36.5 Å². The Labute approximate surface area is 463 Å². The molecule has 4 aromatic carbocycles. The Hall–Kier alpha value is -8.74. The second-order valence-corrected chi connectivity index (χ2v) is 20.8. The normalized spacial score (nSPS) is 12.3. The van der Waals surface area contributed by atoms with Crippen molar-refractivity contribution in [3.05, 3.63) is 230 Å². The van der Waals surface area contributed by atoms with E-state index in [1.807, 2.05) is 62.4 Å². The van der Waals surface area contributed by atoms with Crippen LogP contribution in [0.15, 0.2) is 217 Å². The monoisotopic (exact) mass is 1150 g/mol. The Morgan fingerprint density at radius 2 is 0.679 bits per heavy atom. The molecule has 1 saturated heterocycles. The summed E-state index contributed by atoms with van der Waals surface area (Å²) >= 11 is 0. The van der Waals surface area contributed by atoms with Crippen LogP contribution in [0.3, 0.4) is 0 Å². The minimum absolute atomic E-state index is 0.138. The van der Waals surface area contributed by atoms with Gasteiger partial charge in [-0.05, 0) is 158 Å². The van der Waals surface area contributed by atoms with Crippen LogP contribution in [0.25, 0.3) is 56.1 Å². The molecule has 81 heavy (non-hydrogen) atoms. The predicted octanol–water partition coefficient (Wildman–Crippen LogP) is 12.1. The van der Waals surface area contributed by atoms with E-state index >= 15 is 0 Å². The molecule has 23 heteroatoms. The summed E-state index contributed by atoms with van der Waals surface area (Å²) in [6.07, 6.45) is 7.64. The molecule has 6 aromatic heterocycles. The van der Waals surface area contributed by atoms with Gasteiger partial charge in [-0.1, -0.05) is 59.7 Å². The van der Waals surface area contributed by atoms with Gasteiger partial charge in [0.05, 0.1) is 32.6 Å². The molecule has 4 N–H and O–H groups in total. The highest BCUT2D eigenvalue weighted by Gasteiger charge is 2.36. The maximum absolute atomic E-state index is 13.1. The fourth-order valence-corrected chi connectivity index (χ4v) is 8.57. The Balaban J connectivity index is 0.000000159. The Morgan fingerprint density at radius 3 is 0.901 bits per heavy atom. The van der Waals surface area contributed by atoms with Gasteiger partial charge in [-0.3, -0.25) is 19.9 Å². The molecule has 0 aliphatic carbocycles. The summed E-state index contributed by atoms with van der Waals surface area (Å²) in [7, 11) is -7.79. The number of rotatable bonds is 8. The number of nitrogens with zero attached hydrogens (tertiary/aromatic N) is 8. The highest BCUT2D eigenvalue weighted by atomic mass is 32.2. The van der Waals surface area contributed by atoms with Crippen LogP contribution in [0.2, 0.25) is 0 Å². The van der Waals surface area contributed by atoms with E-state index in [4.69, 9.17) is 15.0 Å². The quantitative estimate of drug-likeness (QED) is 0.136. The molecule has 0 saturated carbocycles. The molecule has 0 spiro atoms. The molecule has 1 fully saturated rings. The van der Waals surface area contributed by atoms with E-state index in [0.717, 1.165) is 45.8 Å². The van der Waals surface area contributed by atoms with Crippen molar-refractivity contribution in [2.24, 2.45) is 10.3 Å². The molecular formula is C58H52F6N10O5S2. The van der Waals surface area contributed by atoms with E-state index in [9.17, 15) is 43.2 Å². The minimum atomic E-state index is -4.61. The zero-order valence-corrected chi connectivity index (χ0v) is 44.9. The number of hydrogen-bond acceptors (Lipinski definition) is 11. The van der Waals surface area contributed by atoms with Gasteiger partial charge in [-0.2, -0.15) is 36.5 Å². The molecule has 15 nitrogen and oxygen atoms in total. The van der Waals surface area contributed by atoms with E-state index in [1.54, 1.807) is 98.1 Å². The van der Waals surface area contributed by atoms with Gasteiger partial charge in [0, 0.05) is 73.9 Å². The van der Waals surface area contributed by atoms with Crippen molar-refractivity contribution in [1.29, 1.82) is 0 Å². The van der Waals surface area contributed by atoms with Crippen molar-refractivity contribution in [3.63, 3.8) is 0 Å². The second kappa shape index (κ2) is 26.9. The molecule has 11 rings (SSSR count). The summed E-state index contributed by atoms with van der Waals surface area (Å²) in [5, 5.41) is 17.4. The molecule has 0 unspecified atom stereocenters. The van der Waals surface area contributed by atoms with Crippen LogP contribution in [-0.2, 0) is 37.1 Å². The SMILES string of the molecule is C1CCOC1.Cc1ccc(-c2cc(C(F)(F)F)nn2-c2ccc(S(N)(=O)=O)cc2)cc1.Cc1ccc(-c2cc(C(F)(F)F)nn2-c2ccc(S(N)(=O)=O)cc2)cc1.c1cc(-c2ccncc2)ccn1.c1cc(-c2ccncc2)ccn1. The maximum atomic E-state index is 13.1. The van der Waals surface area contributed by atoms with Gasteiger partial charge >= 0.3 is 12.4 Å².